The first-order chi connectivity index (χ1) is 6.89. The molecule has 1 aromatic rings. The highest BCUT2D eigenvalue weighted by molar-refractivity contribution is 8.13. The van der Waals surface area contributed by atoms with Crippen LogP contribution in [-0.2, 0) is 20.3 Å². The maximum absolute atomic E-state index is 11.0. The molecule has 0 aromatic heterocycles. The van der Waals surface area contributed by atoms with Crippen LogP contribution in [0.4, 0.5) is 0 Å². The van der Waals surface area contributed by atoms with Gasteiger partial charge in [0, 0.05) is 17.1 Å². The zero-order valence-corrected chi connectivity index (χ0v) is 9.25. The molecule has 0 fully saturated rings. The number of rotatable bonds is 4. The lowest BCUT2D eigenvalue weighted by molar-refractivity contribution is -0.136. The fraction of sp³-hybridized carbons (Fsp3) is 0.222. The van der Waals surface area contributed by atoms with Crippen molar-refractivity contribution < 1.29 is 18.3 Å². The Morgan fingerprint density at radius 3 is 2.60 bits per heavy atom. The van der Waals surface area contributed by atoms with Crippen LogP contribution in [-0.4, -0.2) is 19.5 Å². The molecule has 0 unspecified atom stereocenters. The van der Waals surface area contributed by atoms with Crippen LogP contribution in [0, 0.1) is 0 Å². The Balaban J connectivity index is 2.89. The van der Waals surface area contributed by atoms with Gasteiger partial charge in [-0.05, 0) is 24.1 Å². The van der Waals surface area contributed by atoms with E-state index in [0.717, 1.165) is 0 Å². The van der Waals surface area contributed by atoms with Gasteiger partial charge in [0.25, 0.3) is 9.05 Å². The van der Waals surface area contributed by atoms with Gasteiger partial charge in [-0.2, -0.15) is 0 Å². The second kappa shape index (κ2) is 4.63. The molecular weight excluding hydrogens is 240 g/mol. The van der Waals surface area contributed by atoms with Gasteiger partial charge in [-0.3, -0.25) is 4.79 Å². The summed E-state index contributed by atoms with van der Waals surface area (Å²) in [6.07, 6.45) is 0.251. The first-order valence-electron chi connectivity index (χ1n) is 4.15. The summed E-state index contributed by atoms with van der Waals surface area (Å²) in [5.41, 5.74) is 0.638. The average Bonchev–Trinajstić information content (AvgIpc) is 2.14. The van der Waals surface area contributed by atoms with Crippen LogP contribution in [0.3, 0.4) is 0 Å². The third-order valence-electron chi connectivity index (χ3n) is 1.81. The normalized spacial score (nSPS) is 11.3. The number of carbonyl (C=O) groups is 1. The van der Waals surface area contributed by atoms with Crippen molar-refractivity contribution in [1.29, 1.82) is 0 Å². The second-order valence-corrected chi connectivity index (χ2v) is 5.54. The lowest BCUT2D eigenvalue weighted by atomic mass is 10.1. The Morgan fingerprint density at radius 2 is 2.07 bits per heavy atom. The van der Waals surface area contributed by atoms with Gasteiger partial charge in [-0.1, -0.05) is 12.1 Å². The van der Waals surface area contributed by atoms with Gasteiger partial charge in [0.1, 0.15) is 0 Å². The minimum absolute atomic E-state index is 0.00736. The molecule has 1 aromatic carbocycles. The monoisotopic (exact) mass is 248 g/mol. The van der Waals surface area contributed by atoms with E-state index in [-0.39, 0.29) is 17.7 Å². The Morgan fingerprint density at radius 1 is 1.40 bits per heavy atom. The molecule has 0 atom stereocenters. The molecule has 82 valence electrons. The molecule has 0 aliphatic heterocycles. The molecule has 4 nitrogen and oxygen atoms in total. The average molecular weight is 249 g/mol. The van der Waals surface area contributed by atoms with Crippen LogP contribution in [0.25, 0.3) is 0 Å². The lowest BCUT2D eigenvalue weighted by Gasteiger charge is -2.00. The van der Waals surface area contributed by atoms with Crippen LogP contribution >= 0.6 is 10.7 Å². The second-order valence-electron chi connectivity index (χ2n) is 2.98. The Bertz CT molecular complexity index is 467. The van der Waals surface area contributed by atoms with Crippen LogP contribution in [0.1, 0.15) is 12.0 Å². The number of carboxylic acid groups (broad SMARTS) is 1. The number of aliphatic carboxylic acids is 1. The van der Waals surface area contributed by atoms with Crippen molar-refractivity contribution in [3.8, 4) is 0 Å². The summed E-state index contributed by atoms with van der Waals surface area (Å²) in [5.74, 6) is -0.922. The molecule has 0 aliphatic carbocycles. The molecule has 0 bridgehead atoms. The largest absolute Gasteiger partial charge is 0.481 e. The van der Waals surface area contributed by atoms with Crippen LogP contribution in [0.2, 0.25) is 0 Å². The van der Waals surface area contributed by atoms with E-state index in [1.807, 2.05) is 0 Å². The standard InChI is InChI=1S/C9H9ClO4S/c10-15(13,14)8-3-1-2-7(6-8)4-5-9(11)12/h1-3,6H,4-5H2,(H,11,12). The summed E-state index contributed by atoms with van der Waals surface area (Å²) in [7, 11) is 1.41. The molecule has 0 aliphatic rings. The number of aryl methyl sites for hydroxylation is 1. The summed E-state index contributed by atoms with van der Waals surface area (Å²) < 4.78 is 21.9. The van der Waals surface area contributed by atoms with Gasteiger partial charge in [0.05, 0.1) is 4.90 Å². The van der Waals surface area contributed by atoms with Gasteiger partial charge >= 0.3 is 5.97 Å². The maximum atomic E-state index is 11.0. The van der Waals surface area contributed by atoms with E-state index in [2.05, 4.69) is 0 Å². The third-order valence-corrected chi connectivity index (χ3v) is 3.16. The Hall–Kier alpha value is -1.07. The van der Waals surface area contributed by atoms with E-state index < -0.39 is 15.0 Å². The predicted molar refractivity (Wildman–Crippen MR) is 55.4 cm³/mol. The molecule has 15 heavy (non-hydrogen) atoms. The molecular formula is C9H9ClO4S. The quantitative estimate of drug-likeness (QED) is 0.822. The molecule has 0 saturated carbocycles. The zero-order chi connectivity index (χ0) is 11.5. The third kappa shape index (κ3) is 3.89. The first-order valence-corrected chi connectivity index (χ1v) is 6.46. The number of hydrogen-bond donors (Lipinski definition) is 1. The fourth-order valence-corrected chi connectivity index (χ4v) is 1.93. The van der Waals surface area contributed by atoms with Gasteiger partial charge in [0.15, 0.2) is 0 Å². The van der Waals surface area contributed by atoms with E-state index in [0.29, 0.717) is 5.56 Å². The van der Waals surface area contributed by atoms with E-state index >= 15 is 0 Å². The number of carboxylic acids is 1. The first kappa shape index (κ1) is 12.0. The SMILES string of the molecule is O=C(O)CCc1cccc(S(=O)(=O)Cl)c1. The summed E-state index contributed by atoms with van der Waals surface area (Å²) in [5, 5.41) is 8.46. The minimum Gasteiger partial charge on any atom is -0.481 e. The molecule has 1 rings (SSSR count). The Labute approximate surface area is 91.9 Å². The van der Waals surface area contributed by atoms with Crippen molar-refractivity contribution in [2.24, 2.45) is 0 Å². The summed E-state index contributed by atoms with van der Waals surface area (Å²) in [6, 6.07) is 5.94. The van der Waals surface area contributed by atoms with Crippen molar-refractivity contribution in [1.82, 2.24) is 0 Å². The molecule has 1 N–H and O–H groups in total. The molecule has 6 heteroatoms. The molecule has 0 radical (unpaired) electrons. The molecule has 0 saturated heterocycles. The molecule has 0 spiro atoms. The van der Waals surface area contributed by atoms with E-state index in [1.165, 1.54) is 18.2 Å². The van der Waals surface area contributed by atoms with Crippen molar-refractivity contribution in [3.05, 3.63) is 29.8 Å². The number of halogens is 1. The smallest absolute Gasteiger partial charge is 0.303 e. The van der Waals surface area contributed by atoms with Gasteiger partial charge in [0.2, 0.25) is 0 Å². The lowest BCUT2D eigenvalue weighted by Crippen LogP contribution is -1.98. The zero-order valence-electron chi connectivity index (χ0n) is 7.68. The topological polar surface area (TPSA) is 71.4 Å². The minimum atomic E-state index is -3.74. The number of benzene rings is 1. The highest BCUT2D eigenvalue weighted by atomic mass is 35.7. The van der Waals surface area contributed by atoms with Crippen LogP contribution < -0.4 is 0 Å². The van der Waals surface area contributed by atoms with Crippen molar-refractivity contribution >= 4 is 25.7 Å². The van der Waals surface area contributed by atoms with E-state index in [4.69, 9.17) is 15.8 Å². The van der Waals surface area contributed by atoms with Crippen LogP contribution in [0.15, 0.2) is 29.2 Å². The van der Waals surface area contributed by atoms with E-state index in [9.17, 15) is 13.2 Å². The maximum Gasteiger partial charge on any atom is 0.303 e. The number of hydrogen-bond acceptors (Lipinski definition) is 3. The molecule has 0 heterocycles. The van der Waals surface area contributed by atoms with Crippen molar-refractivity contribution in [2.45, 2.75) is 17.7 Å². The van der Waals surface area contributed by atoms with Crippen molar-refractivity contribution in [3.63, 3.8) is 0 Å². The summed E-state index contributed by atoms with van der Waals surface area (Å²) in [6.45, 7) is 0. The molecule has 0 amide bonds. The fourth-order valence-electron chi connectivity index (χ4n) is 1.10. The highest BCUT2D eigenvalue weighted by Gasteiger charge is 2.10. The van der Waals surface area contributed by atoms with Crippen molar-refractivity contribution in [2.75, 3.05) is 0 Å². The summed E-state index contributed by atoms with van der Waals surface area (Å²) in [4.78, 5) is 10.3. The van der Waals surface area contributed by atoms with E-state index in [1.54, 1.807) is 6.07 Å². The summed E-state index contributed by atoms with van der Waals surface area (Å²) >= 11 is 0. The highest BCUT2D eigenvalue weighted by Crippen LogP contribution is 2.16. The Kier molecular flexibility index (Phi) is 3.71. The van der Waals surface area contributed by atoms with Gasteiger partial charge < -0.3 is 5.11 Å². The van der Waals surface area contributed by atoms with Crippen LogP contribution in [0.5, 0.6) is 0 Å². The predicted octanol–water partition coefficient (Wildman–Crippen LogP) is 1.63. The van der Waals surface area contributed by atoms with Gasteiger partial charge in [-0.25, -0.2) is 8.42 Å². The van der Waals surface area contributed by atoms with Gasteiger partial charge in [-0.15, -0.1) is 0 Å².